The Bertz CT molecular complexity index is 1340. The first-order valence-electron chi connectivity index (χ1n) is 13.9. The minimum atomic E-state index is -1.31. The van der Waals surface area contributed by atoms with Crippen LogP contribution in [-0.2, 0) is 17.8 Å². The van der Waals surface area contributed by atoms with Gasteiger partial charge in [-0.25, -0.2) is 8.78 Å². The molecule has 1 atom stereocenters. The van der Waals surface area contributed by atoms with Crippen LogP contribution in [0.4, 0.5) is 8.78 Å². The Balaban J connectivity index is 0.00000616. The zero-order chi connectivity index (χ0) is 29.9. The van der Waals surface area contributed by atoms with E-state index in [4.69, 9.17) is 0 Å². The Morgan fingerprint density at radius 1 is 0.976 bits per heavy atom. The minimum Gasteiger partial charge on any atom is -0.548 e. The molecule has 0 radical (unpaired) electrons. The summed E-state index contributed by atoms with van der Waals surface area (Å²) in [6.45, 7) is 8.23. The predicted molar refractivity (Wildman–Crippen MR) is 161 cm³/mol. The number of thioether (sulfide) groups is 1. The number of hydrogen-bond acceptors (Lipinski definition) is 5. The summed E-state index contributed by atoms with van der Waals surface area (Å²) in [7, 11) is 0. The number of amides is 1. The van der Waals surface area contributed by atoms with Gasteiger partial charge in [0.1, 0.15) is 11.6 Å². The monoisotopic (exact) mass is 588 g/mol. The third-order valence-corrected chi connectivity index (χ3v) is 7.75. The van der Waals surface area contributed by atoms with Gasteiger partial charge in [-0.2, -0.15) is 11.8 Å². The van der Waals surface area contributed by atoms with E-state index < -0.39 is 29.6 Å². The van der Waals surface area contributed by atoms with Gasteiger partial charge in [0.05, 0.1) is 12.0 Å². The van der Waals surface area contributed by atoms with Crippen molar-refractivity contribution in [3.05, 3.63) is 94.6 Å². The van der Waals surface area contributed by atoms with Crippen molar-refractivity contribution in [2.45, 2.75) is 52.6 Å². The number of carbonyl (C=O) groups is 2. The summed E-state index contributed by atoms with van der Waals surface area (Å²) in [6, 6.07) is 16.0. The first-order chi connectivity index (χ1) is 19.6. The molecule has 0 aliphatic carbocycles. The molecule has 3 aromatic rings. The van der Waals surface area contributed by atoms with Crippen LogP contribution in [0.5, 0.6) is 0 Å². The maximum atomic E-state index is 14.3. The minimum absolute atomic E-state index is 0. The molecule has 0 fully saturated rings. The van der Waals surface area contributed by atoms with Crippen LogP contribution >= 0.6 is 11.8 Å². The topological polar surface area (TPSA) is 72.5 Å². The van der Waals surface area contributed by atoms with Crippen LogP contribution in [0.2, 0.25) is 0 Å². The van der Waals surface area contributed by atoms with E-state index in [1.165, 1.54) is 23.9 Å². The van der Waals surface area contributed by atoms with Gasteiger partial charge in [-0.3, -0.25) is 9.69 Å². The molecule has 0 aliphatic rings. The van der Waals surface area contributed by atoms with Crippen LogP contribution in [0, 0.1) is 24.5 Å². The van der Waals surface area contributed by atoms with E-state index in [-0.39, 0.29) is 25.3 Å². The maximum Gasteiger partial charge on any atom is 1.00 e. The SMILES string of the molecule is CSCC[C@H](NC(=O)c1ccc(CN(CCc2ccc(F)cc2F)CCC(C)C)cc1-c1ccccc1C)C(=O)[O-].[Li+]. The maximum absolute atomic E-state index is 14.3. The molecule has 0 saturated carbocycles. The molecule has 0 aliphatic heterocycles. The fourth-order valence-corrected chi connectivity index (χ4v) is 5.15. The number of carbonyl (C=O) groups excluding carboxylic acids is 2. The second-order valence-electron chi connectivity index (χ2n) is 10.8. The van der Waals surface area contributed by atoms with Gasteiger partial charge in [0.25, 0.3) is 5.91 Å². The van der Waals surface area contributed by atoms with E-state index >= 15 is 0 Å². The quantitative estimate of drug-likeness (QED) is 0.277. The Labute approximate surface area is 264 Å². The van der Waals surface area contributed by atoms with Crippen LogP contribution in [0.3, 0.4) is 0 Å². The molecule has 1 amide bonds. The fraction of sp³-hybridized carbons (Fsp3) is 0.394. The van der Waals surface area contributed by atoms with Gasteiger partial charge < -0.3 is 15.2 Å². The third-order valence-electron chi connectivity index (χ3n) is 7.11. The second-order valence-corrected chi connectivity index (χ2v) is 11.8. The number of aliphatic carboxylic acids is 1. The summed E-state index contributed by atoms with van der Waals surface area (Å²) >= 11 is 1.50. The van der Waals surface area contributed by atoms with E-state index in [1.807, 2.05) is 49.6 Å². The first kappa shape index (κ1) is 35.6. The summed E-state index contributed by atoms with van der Waals surface area (Å²) in [5, 5.41) is 14.3. The Morgan fingerprint density at radius 3 is 2.36 bits per heavy atom. The smallest absolute Gasteiger partial charge is 0.548 e. The van der Waals surface area contributed by atoms with E-state index in [2.05, 4.69) is 24.1 Å². The van der Waals surface area contributed by atoms with Crippen molar-refractivity contribution in [1.82, 2.24) is 10.2 Å². The summed E-state index contributed by atoms with van der Waals surface area (Å²) < 4.78 is 27.7. The molecule has 1 N–H and O–H groups in total. The number of carboxylic acid groups (broad SMARTS) is 1. The summed E-state index contributed by atoms with van der Waals surface area (Å²) in [4.78, 5) is 27.3. The molecule has 9 heteroatoms. The Morgan fingerprint density at radius 2 is 1.71 bits per heavy atom. The van der Waals surface area contributed by atoms with Gasteiger partial charge in [0.2, 0.25) is 0 Å². The molecule has 0 aromatic heterocycles. The summed E-state index contributed by atoms with van der Waals surface area (Å²) in [6.07, 6.45) is 3.55. The number of rotatable bonds is 15. The summed E-state index contributed by atoms with van der Waals surface area (Å²) in [5.74, 6) is -1.84. The number of nitrogens with zero attached hydrogens (tertiary/aromatic N) is 1. The molecule has 0 bridgehead atoms. The van der Waals surface area contributed by atoms with Crippen LogP contribution in [0.1, 0.15) is 53.7 Å². The van der Waals surface area contributed by atoms with Crippen LogP contribution in [-0.4, -0.2) is 47.9 Å². The molecular weight excluding hydrogens is 549 g/mol. The second kappa shape index (κ2) is 17.5. The number of halogens is 2. The van der Waals surface area contributed by atoms with Crippen molar-refractivity contribution in [3.8, 4) is 11.1 Å². The van der Waals surface area contributed by atoms with Gasteiger partial charge in [-0.05, 0) is 96.7 Å². The molecule has 220 valence electrons. The molecule has 0 unspecified atom stereocenters. The summed E-state index contributed by atoms with van der Waals surface area (Å²) in [5.41, 5.74) is 4.42. The number of nitrogens with one attached hydrogen (secondary N) is 1. The molecule has 42 heavy (non-hydrogen) atoms. The number of hydrogen-bond donors (Lipinski definition) is 1. The van der Waals surface area contributed by atoms with Crippen LogP contribution in [0.15, 0.2) is 60.7 Å². The van der Waals surface area contributed by atoms with Crippen LogP contribution in [0.25, 0.3) is 11.1 Å². The number of benzene rings is 3. The molecule has 0 heterocycles. The van der Waals surface area contributed by atoms with Crippen LogP contribution < -0.4 is 29.3 Å². The molecule has 0 saturated heterocycles. The normalized spacial score (nSPS) is 11.8. The zero-order valence-corrected chi connectivity index (χ0v) is 26.0. The Kier molecular flexibility index (Phi) is 14.8. The average molecular weight is 589 g/mol. The van der Waals surface area contributed by atoms with E-state index in [1.54, 1.807) is 6.07 Å². The van der Waals surface area contributed by atoms with Gasteiger partial charge in [0, 0.05) is 24.7 Å². The van der Waals surface area contributed by atoms with Gasteiger partial charge >= 0.3 is 18.9 Å². The number of aryl methyl sites for hydroxylation is 1. The molecule has 5 nitrogen and oxygen atoms in total. The van der Waals surface area contributed by atoms with Crippen molar-refractivity contribution < 1.29 is 42.3 Å². The van der Waals surface area contributed by atoms with Crippen molar-refractivity contribution in [2.24, 2.45) is 5.92 Å². The van der Waals surface area contributed by atoms with Gasteiger partial charge in [-0.15, -0.1) is 0 Å². The first-order valence-corrected chi connectivity index (χ1v) is 15.3. The predicted octanol–water partition coefficient (Wildman–Crippen LogP) is 2.64. The van der Waals surface area contributed by atoms with E-state index in [0.29, 0.717) is 47.9 Å². The van der Waals surface area contributed by atoms with Crippen molar-refractivity contribution in [1.29, 1.82) is 0 Å². The zero-order valence-electron chi connectivity index (χ0n) is 25.2. The van der Waals surface area contributed by atoms with Gasteiger partial charge in [0.15, 0.2) is 0 Å². The number of carboxylic acids is 1. The average Bonchev–Trinajstić information content (AvgIpc) is 2.93. The molecule has 3 rings (SSSR count). The van der Waals surface area contributed by atoms with E-state index in [9.17, 15) is 23.5 Å². The van der Waals surface area contributed by atoms with Gasteiger partial charge in [-0.1, -0.05) is 50.2 Å². The fourth-order valence-electron chi connectivity index (χ4n) is 4.68. The third kappa shape index (κ3) is 10.6. The Hall–Kier alpha value is -2.63. The van der Waals surface area contributed by atoms with Crippen molar-refractivity contribution >= 4 is 23.6 Å². The van der Waals surface area contributed by atoms with E-state index in [0.717, 1.165) is 35.7 Å². The largest absolute Gasteiger partial charge is 1.00 e. The van der Waals surface area contributed by atoms with Crippen molar-refractivity contribution in [2.75, 3.05) is 25.1 Å². The molecular formula is C33H39F2LiN2O3S. The molecule has 3 aromatic carbocycles. The van der Waals surface area contributed by atoms with Crippen molar-refractivity contribution in [3.63, 3.8) is 0 Å². The molecule has 0 spiro atoms. The standard InChI is InChI=1S/C33H40F2N2O3S.Li/c1-22(2)13-16-37(17-14-25-10-11-26(34)20-30(25)35)21-24-9-12-28(29(19-24)27-8-6-5-7-23(27)3)32(38)36-31(33(39)40)15-18-41-4;/h5-12,19-20,22,31H,13-18,21H2,1-4H3,(H,36,38)(H,39,40);/q;+1/p-1/t31-;/m0./s1.